The number of allylic oxidation sites excluding steroid dienone is 1. The topological polar surface area (TPSA) is 34.9 Å². The third-order valence-electron chi connectivity index (χ3n) is 4.06. The van der Waals surface area contributed by atoms with Crippen molar-refractivity contribution in [2.75, 3.05) is 0 Å². The fourth-order valence-corrected chi connectivity index (χ4v) is 3.37. The van der Waals surface area contributed by atoms with Crippen LogP contribution < -0.4 is 0 Å². The molecule has 0 bridgehead atoms. The highest BCUT2D eigenvalue weighted by Crippen LogP contribution is 2.25. The summed E-state index contributed by atoms with van der Waals surface area (Å²) in [5.41, 5.74) is 3.17. The third-order valence-corrected chi connectivity index (χ3v) is 4.94. The van der Waals surface area contributed by atoms with Crippen molar-refractivity contribution >= 4 is 23.2 Å². The summed E-state index contributed by atoms with van der Waals surface area (Å²) in [5, 5.41) is 6.53. The molecule has 27 heavy (non-hydrogen) atoms. The van der Waals surface area contributed by atoms with Gasteiger partial charge in [0.2, 0.25) is 0 Å². The van der Waals surface area contributed by atoms with Gasteiger partial charge in [-0.3, -0.25) is 4.79 Å². The molecule has 0 N–H and O–H groups in total. The average Bonchev–Trinajstić information content (AvgIpc) is 3.38. The van der Waals surface area contributed by atoms with Gasteiger partial charge in [-0.15, -0.1) is 11.3 Å². The fraction of sp³-hybridized carbons (Fsp3) is 0. The van der Waals surface area contributed by atoms with Crippen molar-refractivity contribution in [3.05, 3.63) is 101 Å². The number of aromatic nitrogens is 2. The van der Waals surface area contributed by atoms with Crippen LogP contribution in [0.2, 0.25) is 0 Å². The second-order valence-corrected chi connectivity index (χ2v) is 6.84. The van der Waals surface area contributed by atoms with Crippen LogP contribution in [0.4, 0.5) is 4.39 Å². The largest absolute Gasteiger partial charge is 0.288 e. The molecule has 0 spiro atoms. The maximum Gasteiger partial charge on any atom is 0.195 e. The summed E-state index contributed by atoms with van der Waals surface area (Å²) in [7, 11) is 0. The minimum absolute atomic E-state index is 0.0532. The average molecular weight is 374 g/mol. The van der Waals surface area contributed by atoms with Crippen LogP contribution in [0.5, 0.6) is 0 Å². The molecule has 2 aromatic heterocycles. The molecule has 0 saturated heterocycles. The molecule has 0 aliphatic rings. The van der Waals surface area contributed by atoms with Gasteiger partial charge in [-0.25, -0.2) is 9.07 Å². The molecule has 5 heteroatoms. The molecule has 0 amide bonds. The Kier molecular flexibility index (Phi) is 4.77. The van der Waals surface area contributed by atoms with Crippen molar-refractivity contribution in [1.82, 2.24) is 9.78 Å². The molecule has 4 aromatic rings. The molecular weight excluding hydrogens is 359 g/mol. The normalized spacial score (nSPS) is 11.1. The molecule has 0 saturated carbocycles. The SMILES string of the molecule is O=C(C=Cc1cn(-c2ccccc2)nc1-c1ccc(F)cc1)c1cccs1. The minimum atomic E-state index is -0.300. The van der Waals surface area contributed by atoms with Gasteiger partial charge in [0.15, 0.2) is 5.78 Å². The second-order valence-electron chi connectivity index (χ2n) is 5.89. The van der Waals surface area contributed by atoms with Crippen LogP contribution in [-0.2, 0) is 0 Å². The van der Waals surface area contributed by atoms with Crippen LogP contribution in [-0.4, -0.2) is 15.6 Å². The Bertz CT molecular complexity index is 1080. The summed E-state index contributed by atoms with van der Waals surface area (Å²) in [5.74, 6) is -0.353. The Morgan fingerprint density at radius 3 is 2.48 bits per heavy atom. The standard InChI is InChI=1S/C22H15FN2OS/c23-18-11-8-16(9-12-18)22-17(10-13-20(26)21-7-4-14-27-21)15-25(24-22)19-5-2-1-3-6-19/h1-15H. The van der Waals surface area contributed by atoms with Gasteiger partial charge in [0.05, 0.1) is 16.3 Å². The summed E-state index contributed by atoms with van der Waals surface area (Å²) in [4.78, 5) is 13.0. The van der Waals surface area contributed by atoms with Crippen LogP contribution >= 0.6 is 11.3 Å². The number of hydrogen-bond donors (Lipinski definition) is 0. The minimum Gasteiger partial charge on any atom is -0.288 e. The van der Waals surface area contributed by atoms with E-state index in [-0.39, 0.29) is 11.6 Å². The molecule has 2 heterocycles. The van der Waals surface area contributed by atoms with E-state index in [1.54, 1.807) is 35.0 Å². The summed E-state index contributed by atoms with van der Waals surface area (Å²) in [6, 6.07) is 19.5. The van der Waals surface area contributed by atoms with Gasteiger partial charge in [0.25, 0.3) is 0 Å². The molecule has 0 radical (unpaired) electrons. The third kappa shape index (κ3) is 3.78. The predicted molar refractivity (Wildman–Crippen MR) is 107 cm³/mol. The number of rotatable bonds is 5. The molecule has 2 aromatic carbocycles. The summed E-state index contributed by atoms with van der Waals surface area (Å²) in [6.07, 6.45) is 5.17. The lowest BCUT2D eigenvalue weighted by Crippen LogP contribution is -1.94. The zero-order chi connectivity index (χ0) is 18.6. The summed E-state index contributed by atoms with van der Waals surface area (Å²) >= 11 is 1.41. The van der Waals surface area contributed by atoms with Crippen molar-refractivity contribution in [3.8, 4) is 16.9 Å². The van der Waals surface area contributed by atoms with E-state index in [2.05, 4.69) is 5.10 Å². The van der Waals surface area contributed by atoms with E-state index < -0.39 is 0 Å². The van der Waals surface area contributed by atoms with E-state index >= 15 is 0 Å². The van der Waals surface area contributed by atoms with E-state index in [4.69, 9.17) is 0 Å². The highest BCUT2D eigenvalue weighted by molar-refractivity contribution is 7.12. The van der Waals surface area contributed by atoms with Crippen LogP contribution in [0.25, 0.3) is 23.0 Å². The van der Waals surface area contributed by atoms with Crippen molar-refractivity contribution in [2.24, 2.45) is 0 Å². The predicted octanol–water partition coefficient (Wildman–Crippen LogP) is 5.64. The Balaban J connectivity index is 1.75. The number of para-hydroxylation sites is 1. The smallest absolute Gasteiger partial charge is 0.195 e. The molecule has 132 valence electrons. The summed E-state index contributed by atoms with van der Waals surface area (Å²) in [6.45, 7) is 0. The van der Waals surface area contributed by atoms with Crippen molar-refractivity contribution in [1.29, 1.82) is 0 Å². The number of carbonyl (C=O) groups is 1. The van der Waals surface area contributed by atoms with Gasteiger partial charge in [-0.05, 0) is 60.0 Å². The first kappa shape index (κ1) is 17.1. The molecule has 0 unspecified atom stereocenters. The lowest BCUT2D eigenvalue weighted by molar-refractivity contribution is 0.105. The van der Waals surface area contributed by atoms with Gasteiger partial charge < -0.3 is 0 Å². The van der Waals surface area contributed by atoms with E-state index in [1.165, 1.54) is 23.5 Å². The number of nitrogens with zero attached hydrogens (tertiary/aromatic N) is 2. The monoisotopic (exact) mass is 374 g/mol. The lowest BCUT2D eigenvalue weighted by Gasteiger charge is -2.00. The van der Waals surface area contributed by atoms with E-state index in [0.29, 0.717) is 10.6 Å². The zero-order valence-electron chi connectivity index (χ0n) is 14.2. The molecule has 0 aliphatic heterocycles. The van der Waals surface area contributed by atoms with Gasteiger partial charge in [0, 0.05) is 17.3 Å². The summed E-state index contributed by atoms with van der Waals surface area (Å²) < 4.78 is 15.1. The van der Waals surface area contributed by atoms with Crippen LogP contribution in [0.15, 0.2) is 84.4 Å². The van der Waals surface area contributed by atoms with E-state index in [9.17, 15) is 9.18 Å². The van der Waals surface area contributed by atoms with Gasteiger partial charge >= 0.3 is 0 Å². The van der Waals surface area contributed by atoms with E-state index in [1.807, 2.05) is 48.0 Å². The number of thiophene rings is 1. The Hall–Kier alpha value is -3.31. The van der Waals surface area contributed by atoms with Crippen molar-refractivity contribution in [3.63, 3.8) is 0 Å². The second kappa shape index (κ2) is 7.51. The van der Waals surface area contributed by atoms with E-state index in [0.717, 1.165) is 16.8 Å². The van der Waals surface area contributed by atoms with Crippen molar-refractivity contribution < 1.29 is 9.18 Å². The van der Waals surface area contributed by atoms with Crippen LogP contribution in [0.1, 0.15) is 15.2 Å². The first-order chi connectivity index (χ1) is 13.2. The zero-order valence-corrected chi connectivity index (χ0v) is 15.1. The molecule has 0 fully saturated rings. The van der Waals surface area contributed by atoms with Crippen LogP contribution in [0, 0.1) is 5.82 Å². The number of halogens is 1. The maximum absolute atomic E-state index is 13.3. The first-order valence-electron chi connectivity index (χ1n) is 8.38. The number of carbonyl (C=O) groups excluding carboxylic acids is 1. The van der Waals surface area contributed by atoms with Gasteiger partial charge in [-0.1, -0.05) is 24.3 Å². The highest BCUT2D eigenvalue weighted by Gasteiger charge is 2.11. The fourth-order valence-electron chi connectivity index (χ4n) is 2.72. The molecule has 0 aliphatic carbocycles. The first-order valence-corrected chi connectivity index (χ1v) is 9.25. The van der Waals surface area contributed by atoms with Gasteiger partial charge in [0.1, 0.15) is 5.82 Å². The van der Waals surface area contributed by atoms with Gasteiger partial charge in [-0.2, -0.15) is 5.10 Å². The molecule has 3 nitrogen and oxygen atoms in total. The number of hydrogen-bond acceptors (Lipinski definition) is 3. The molecule has 0 atom stereocenters. The number of ketones is 1. The maximum atomic E-state index is 13.3. The number of benzene rings is 2. The quantitative estimate of drug-likeness (QED) is 0.335. The molecular formula is C22H15FN2OS. The highest BCUT2D eigenvalue weighted by atomic mass is 32.1. The Morgan fingerprint density at radius 1 is 1.00 bits per heavy atom. The molecule has 4 rings (SSSR count). The van der Waals surface area contributed by atoms with Crippen molar-refractivity contribution in [2.45, 2.75) is 0 Å². The lowest BCUT2D eigenvalue weighted by atomic mass is 10.1. The van der Waals surface area contributed by atoms with Crippen LogP contribution in [0.3, 0.4) is 0 Å². The Morgan fingerprint density at radius 2 is 1.78 bits per heavy atom. The Labute approximate surface area is 160 Å².